The Labute approximate surface area is 118 Å². The zero-order chi connectivity index (χ0) is 13.7. The summed E-state index contributed by atoms with van der Waals surface area (Å²) in [5, 5.41) is 9.31. The van der Waals surface area contributed by atoms with E-state index in [1.54, 1.807) is 4.90 Å². The molecule has 0 aliphatic carbocycles. The lowest BCUT2D eigenvalue weighted by atomic mass is 10.2. The maximum Gasteiger partial charge on any atom is 0.236 e. The van der Waals surface area contributed by atoms with Crippen molar-refractivity contribution in [1.82, 2.24) is 4.90 Å². The minimum atomic E-state index is -0.0801. The fourth-order valence-electron chi connectivity index (χ4n) is 2.30. The van der Waals surface area contributed by atoms with E-state index >= 15 is 0 Å². The third-order valence-corrected chi connectivity index (χ3v) is 3.59. The van der Waals surface area contributed by atoms with Gasteiger partial charge in [-0.2, -0.15) is 5.26 Å². The SMILES string of the molecule is N#CCC(=O)N1CCCN(c2ccccc2Cl)CC1. The molecule has 1 heterocycles. The van der Waals surface area contributed by atoms with Crippen molar-refractivity contribution in [2.24, 2.45) is 0 Å². The number of hydrogen-bond donors (Lipinski definition) is 0. The van der Waals surface area contributed by atoms with Gasteiger partial charge < -0.3 is 9.80 Å². The third-order valence-electron chi connectivity index (χ3n) is 3.27. The number of carbonyl (C=O) groups excluding carboxylic acids is 1. The van der Waals surface area contributed by atoms with Crippen molar-refractivity contribution in [1.29, 1.82) is 5.26 Å². The van der Waals surface area contributed by atoms with Gasteiger partial charge in [-0.1, -0.05) is 23.7 Å². The molecule has 0 atom stereocenters. The molecule has 0 radical (unpaired) electrons. The molecule has 0 aromatic heterocycles. The molecule has 1 aliphatic rings. The number of amides is 1. The molecule has 1 aromatic carbocycles. The molecule has 1 aromatic rings. The van der Waals surface area contributed by atoms with Crippen LogP contribution >= 0.6 is 11.6 Å². The average molecular weight is 278 g/mol. The Bertz CT molecular complexity index is 498. The van der Waals surface area contributed by atoms with Gasteiger partial charge in [-0.25, -0.2) is 0 Å². The number of rotatable bonds is 2. The number of nitrogens with zero attached hydrogens (tertiary/aromatic N) is 3. The molecule has 1 amide bonds. The molecule has 0 N–H and O–H groups in total. The van der Waals surface area contributed by atoms with Gasteiger partial charge in [0.15, 0.2) is 0 Å². The highest BCUT2D eigenvalue weighted by Crippen LogP contribution is 2.26. The number of anilines is 1. The molecule has 0 unspecified atom stereocenters. The van der Waals surface area contributed by atoms with E-state index in [0.717, 1.165) is 30.2 Å². The molecule has 19 heavy (non-hydrogen) atoms. The Hall–Kier alpha value is -1.73. The Morgan fingerprint density at radius 3 is 2.79 bits per heavy atom. The Kier molecular flexibility index (Phi) is 4.64. The predicted molar refractivity (Wildman–Crippen MR) is 75.1 cm³/mol. The van der Waals surface area contributed by atoms with Crippen LogP contribution in [-0.2, 0) is 4.79 Å². The Morgan fingerprint density at radius 2 is 2.05 bits per heavy atom. The minimum absolute atomic E-state index is 0.0356. The predicted octanol–water partition coefficient (Wildman–Crippen LogP) is 2.29. The average Bonchev–Trinajstić information content (AvgIpc) is 2.65. The van der Waals surface area contributed by atoms with Crippen molar-refractivity contribution in [2.75, 3.05) is 31.1 Å². The van der Waals surface area contributed by atoms with E-state index in [1.807, 2.05) is 30.3 Å². The van der Waals surface area contributed by atoms with Crippen LogP contribution in [0, 0.1) is 11.3 Å². The summed E-state index contributed by atoms with van der Waals surface area (Å²) in [5.41, 5.74) is 1.01. The molecular weight excluding hydrogens is 262 g/mol. The highest BCUT2D eigenvalue weighted by molar-refractivity contribution is 6.33. The number of halogens is 1. The summed E-state index contributed by atoms with van der Waals surface area (Å²) in [6.45, 7) is 2.98. The molecule has 0 saturated carbocycles. The fourth-order valence-corrected chi connectivity index (χ4v) is 2.55. The van der Waals surface area contributed by atoms with E-state index in [0.29, 0.717) is 13.1 Å². The standard InChI is InChI=1S/C14H16ClN3O/c15-12-4-1-2-5-13(12)17-8-3-9-18(11-10-17)14(19)6-7-16/h1-2,4-5H,3,6,8-11H2. The van der Waals surface area contributed by atoms with Gasteiger partial charge >= 0.3 is 0 Å². The van der Waals surface area contributed by atoms with E-state index in [2.05, 4.69) is 4.90 Å². The molecule has 1 fully saturated rings. The normalized spacial score (nSPS) is 15.8. The lowest BCUT2D eigenvalue weighted by Crippen LogP contribution is -2.34. The molecule has 2 rings (SSSR count). The van der Waals surface area contributed by atoms with Gasteiger partial charge in [-0.05, 0) is 18.6 Å². The maximum atomic E-state index is 11.7. The second-order valence-electron chi connectivity index (χ2n) is 4.51. The Morgan fingerprint density at radius 1 is 1.26 bits per heavy atom. The minimum Gasteiger partial charge on any atom is -0.368 e. The first kappa shape index (κ1) is 13.7. The summed E-state index contributed by atoms with van der Waals surface area (Å²) in [7, 11) is 0. The van der Waals surface area contributed by atoms with Crippen molar-refractivity contribution < 1.29 is 4.79 Å². The summed E-state index contributed by atoms with van der Waals surface area (Å²) in [6.07, 6.45) is 0.856. The summed E-state index contributed by atoms with van der Waals surface area (Å²) < 4.78 is 0. The molecule has 100 valence electrons. The number of hydrogen-bond acceptors (Lipinski definition) is 3. The van der Waals surface area contributed by atoms with Crippen LogP contribution in [-0.4, -0.2) is 37.0 Å². The number of benzene rings is 1. The van der Waals surface area contributed by atoms with E-state index in [9.17, 15) is 4.79 Å². The van der Waals surface area contributed by atoms with E-state index < -0.39 is 0 Å². The van der Waals surface area contributed by atoms with Crippen LogP contribution < -0.4 is 4.90 Å². The second-order valence-corrected chi connectivity index (χ2v) is 4.91. The molecule has 4 nitrogen and oxygen atoms in total. The van der Waals surface area contributed by atoms with Crippen LogP contribution in [0.3, 0.4) is 0 Å². The molecule has 5 heteroatoms. The molecule has 0 spiro atoms. The summed E-state index contributed by atoms with van der Waals surface area (Å²) in [5.74, 6) is -0.0801. The number of carbonyl (C=O) groups is 1. The topological polar surface area (TPSA) is 47.3 Å². The van der Waals surface area contributed by atoms with Crippen LogP contribution in [0.4, 0.5) is 5.69 Å². The highest BCUT2D eigenvalue weighted by Gasteiger charge is 2.19. The van der Waals surface area contributed by atoms with E-state index in [1.165, 1.54) is 0 Å². The van der Waals surface area contributed by atoms with E-state index in [-0.39, 0.29) is 12.3 Å². The second kappa shape index (κ2) is 6.44. The monoisotopic (exact) mass is 277 g/mol. The van der Waals surface area contributed by atoms with Gasteiger partial charge in [0, 0.05) is 26.2 Å². The quantitative estimate of drug-likeness (QED) is 0.833. The third kappa shape index (κ3) is 3.39. The van der Waals surface area contributed by atoms with Crippen molar-refractivity contribution >= 4 is 23.2 Å². The van der Waals surface area contributed by atoms with Gasteiger partial charge in [-0.3, -0.25) is 4.79 Å². The van der Waals surface area contributed by atoms with E-state index in [4.69, 9.17) is 16.9 Å². The first-order chi connectivity index (χ1) is 9.22. The number of para-hydroxylation sites is 1. The zero-order valence-electron chi connectivity index (χ0n) is 10.7. The van der Waals surface area contributed by atoms with Gasteiger partial charge in [0.2, 0.25) is 5.91 Å². The fraction of sp³-hybridized carbons (Fsp3) is 0.429. The summed E-state index contributed by atoms with van der Waals surface area (Å²) in [6, 6.07) is 9.65. The smallest absolute Gasteiger partial charge is 0.236 e. The molecular formula is C14H16ClN3O. The largest absolute Gasteiger partial charge is 0.368 e. The van der Waals surface area contributed by atoms with Crippen molar-refractivity contribution in [2.45, 2.75) is 12.8 Å². The van der Waals surface area contributed by atoms with Gasteiger partial charge in [0.05, 0.1) is 16.8 Å². The van der Waals surface area contributed by atoms with Crippen LogP contribution in [0.15, 0.2) is 24.3 Å². The number of nitriles is 1. The molecule has 1 saturated heterocycles. The van der Waals surface area contributed by atoms with Crippen molar-refractivity contribution in [3.05, 3.63) is 29.3 Å². The van der Waals surface area contributed by atoms with Crippen molar-refractivity contribution in [3.63, 3.8) is 0 Å². The first-order valence-electron chi connectivity index (χ1n) is 6.36. The lowest BCUT2D eigenvalue weighted by molar-refractivity contribution is -0.129. The van der Waals surface area contributed by atoms with Crippen LogP contribution in [0.5, 0.6) is 0 Å². The lowest BCUT2D eigenvalue weighted by Gasteiger charge is -2.24. The van der Waals surface area contributed by atoms with Gasteiger partial charge in [0.25, 0.3) is 0 Å². The van der Waals surface area contributed by atoms with Gasteiger partial charge in [-0.15, -0.1) is 0 Å². The molecule has 1 aliphatic heterocycles. The molecule has 0 bridgehead atoms. The highest BCUT2D eigenvalue weighted by atomic mass is 35.5. The first-order valence-corrected chi connectivity index (χ1v) is 6.74. The van der Waals surface area contributed by atoms with Gasteiger partial charge in [0.1, 0.15) is 6.42 Å². The Balaban J connectivity index is 2.03. The summed E-state index contributed by atoms with van der Waals surface area (Å²) >= 11 is 6.19. The maximum absolute atomic E-state index is 11.7. The van der Waals surface area contributed by atoms with Crippen LogP contribution in [0.2, 0.25) is 5.02 Å². The van der Waals surface area contributed by atoms with Crippen LogP contribution in [0.25, 0.3) is 0 Å². The summed E-state index contributed by atoms with van der Waals surface area (Å²) in [4.78, 5) is 15.7. The van der Waals surface area contributed by atoms with Crippen molar-refractivity contribution in [3.8, 4) is 6.07 Å². The van der Waals surface area contributed by atoms with Crippen LogP contribution in [0.1, 0.15) is 12.8 Å². The zero-order valence-corrected chi connectivity index (χ0v) is 11.4.